The Kier molecular flexibility index (Phi) is 8.84. The Bertz CT molecular complexity index is 1210. The normalized spacial score (nSPS) is 16.0. The maximum Gasteiger partial charge on any atom is 0.416 e. The van der Waals surface area contributed by atoms with Crippen molar-refractivity contribution in [1.82, 2.24) is 0 Å². The number of halogens is 9. The molecular weight excluding hydrogens is 563 g/mol. The molecule has 0 radical (unpaired) electrons. The van der Waals surface area contributed by atoms with Crippen molar-refractivity contribution in [2.45, 2.75) is 51.4 Å². The summed E-state index contributed by atoms with van der Waals surface area (Å²) in [5.41, 5.74) is -5.00. The molecule has 220 valence electrons. The summed E-state index contributed by atoms with van der Waals surface area (Å²) in [4.78, 5) is 27.6. The first-order chi connectivity index (χ1) is 18.5. The minimum absolute atomic E-state index is 0.0105. The quantitative estimate of drug-likeness (QED) is 0.268. The fourth-order valence-corrected chi connectivity index (χ4v) is 4.16. The summed E-state index contributed by atoms with van der Waals surface area (Å²) in [5, 5.41) is 0. The molecule has 0 spiro atoms. The standard InChI is InChI=1S/C25H23F9N2O4/c1-3-18-11-35(20-10-15(23(26,27)28)5-6-19(20)36(18)22(38)39-4-2)12-21(37)40-13-14-7-16(24(29,30)31)9-17(8-14)25(32,33)34/h5-10,18H,3-4,11-13H2,1-2H3. The Hall–Kier alpha value is -3.65. The van der Waals surface area contributed by atoms with Gasteiger partial charge in [-0.05, 0) is 55.3 Å². The van der Waals surface area contributed by atoms with Crippen molar-refractivity contribution >= 4 is 23.4 Å². The Morgan fingerprint density at radius 2 is 1.38 bits per heavy atom. The van der Waals surface area contributed by atoms with Gasteiger partial charge in [0, 0.05) is 6.54 Å². The smallest absolute Gasteiger partial charge is 0.416 e. The van der Waals surface area contributed by atoms with E-state index in [-0.39, 0.29) is 30.6 Å². The van der Waals surface area contributed by atoms with Crippen molar-refractivity contribution in [3.63, 3.8) is 0 Å². The lowest BCUT2D eigenvalue weighted by molar-refractivity contribution is -0.143. The van der Waals surface area contributed by atoms with Crippen molar-refractivity contribution in [3.8, 4) is 0 Å². The summed E-state index contributed by atoms with van der Waals surface area (Å²) in [6.45, 7) is 1.42. The molecule has 1 aliphatic heterocycles. The summed E-state index contributed by atoms with van der Waals surface area (Å²) in [6.07, 6.45) is -15.5. The van der Waals surface area contributed by atoms with E-state index >= 15 is 0 Å². The number of benzene rings is 2. The molecule has 0 bridgehead atoms. The second-order valence-electron chi connectivity index (χ2n) is 8.79. The highest BCUT2D eigenvalue weighted by Gasteiger charge is 2.39. The molecule has 0 saturated carbocycles. The highest BCUT2D eigenvalue weighted by molar-refractivity contribution is 5.95. The number of rotatable bonds is 6. The lowest BCUT2D eigenvalue weighted by atomic mass is 10.0. The number of anilines is 2. The van der Waals surface area contributed by atoms with Gasteiger partial charge in [0.2, 0.25) is 0 Å². The Balaban J connectivity index is 1.89. The molecule has 40 heavy (non-hydrogen) atoms. The maximum atomic E-state index is 13.4. The summed E-state index contributed by atoms with van der Waals surface area (Å²) in [5.74, 6) is -1.13. The summed E-state index contributed by atoms with van der Waals surface area (Å²) >= 11 is 0. The van der Waals surface area contributed by atoms with Crippen LogP contribution in [0.5, 0.6) is 0 Å². The lowest BCUT2D eigenvalue weighted by Gasteiger charge is -2.42. The Labute approximate surface area is 222 Å². The van der Waals surface area contributed by atoms with Crippen LogP contribution in [-0.4, -0.2) is 37.8 Å². The summed E-state index contributed by atoms with van der Waals surface area (Å²) in [6, 6.07) is 2.62. The van der Waals surface area contributed by atoms with Gasteiger partial charge in [-0.1, -0.05) is 6.92 Å². The molecule has 0 N–H and O–H groups in total. The number of ether oxygens (including phenoxy) is 2. The number of hydrogen-bond acceptors (Lipinski definition) is 5. The first kappa shape index (κ1) is 30.9. The zero-order valence-electron chi connectivity index (χ0n) is 21.0. The summed E-state index contributed by atoms with van der Waals surface area (Å²) < 4.78 is 129. The molecule has 1 amide bonds. The number of esters is 1. The minimum Gasteiger partial charge on any atom is -0.459 e. The number of alkyl halides is 9. The molecule has 1 aliphatic rings. The van der Waals surface area contributed by atoms with E-state index in [0.29, 0.717) is 18.6 Å². The van der Waals surface area contributed by atoms with Crippen LogP contribution in [0.15, 0.2) is 36.4 Å². The highest BCUT2D eigenvalue weighted by atomic mass is 19.4. The van der Waals surface area contributed by atoms with Crippen molar-refractivity contribution in [2.24, 2.45) is 0 Å². The molecular formula is C25H23F9N2O4. The molecule has 1 atom stereocenters. The van der Waals surface area contributed by atoms with Gasteiger partial charge in [-0.3, -0.25) is 9.69 Å². The second kappa shape index (κ2) is 11.5. The van der Waals surface area contributed by atoms with Gasteiger partial charge in [-0.2, -0.15) is 39.5 Å². The second-order valence-corrected chi connectivity index (χ2v) is 8.79. The van der Waals surface area contributed by atoms with Crippen LogP contribution in [0.1, 0.15) is 42.5 Å². The van der Waals surface area contributed by atoms with Gasteiger partial charge >= 0.3 is 30.6 Å². The van der Waals surface area contributed by atoms with E-state index in [1.807, 2.05) is 0 Å². The number of amides is 1. The monoisotopic (exact) mass is 586 g/mol. The first-order valence-electron chi connectivity index (χ1n) is 11.8. The third kappa shape index (κ3) is 7.10. The van der Waals surface area contributed by atoms with Crippen LogP contribution in [0.25, 0.3) is 0 Å². The number of hydrogen-bond donors (Lipinski definition) is 0. The average molecular weight is 586 g/mol. The topological polar surface area (TPSA) is 59.1 Å². The van der Waals surface area contributed by atoms with Crippen LogP contribution in [0, 0.1) is 0 Å². The van der Waals surface area contributed by atoms with Crippen LogP contribution >= 0.6 is 0 Å². The largest absolute Gasteiger partial charge is 0.459 e. The molecule has 1 unspecified atom stereocenters. The van der Waals surface area contributed by atoms with Gasteiger partial charge < -0.3 is 14.4 Å². The van der Waals surface area contributed by atoms with E-state index in [2.05, 4.69) is 0 Å². The maximum absolute atomic E-state index is 13.4. The SMILES string of the molecule is CCOC(=O)N1c2ccc(C(F)(F)F)cc2N(CC(=O)OCc2cc(C(F)(F)F)cc(C(F)(F)F)c2)CC1CC. The lowest BCUT2D eigenvalue weighted by Crippen LogP contribution is -2.52. The Morgan fingerprint density at radius 3 is 1.88 bits per heavy atom. The first-order valence-corrected chi connectivity index (χ1v) is 11.8. The van der Waals surface area contributed by atoms with Crippen LogP contribution < -0.4 is 9.80 Å². The fraction of sp³-hybridized carbons (Fsp3) is 0.440. The molecule has 15 heteroatoms. The van der Waals surface area contributed by atoms with Gasteiger partial charge in [0.1, 0.15) is 13.2 Å². The molecule has 2 aromatic rings. The predicted molar refractivity (Wildman–Crippen MR) is 123 cm³/mol. The molecule has 2 aromatic carbocycles. The Morgan fingerprint density at radius 1 is 0.800 bits per heavy atom. The van der Waals surface area contributed by atoms with E-state index in [1.54, 1.807) is 13.8 Å². The highest BCUT2D eigenvalue weighted by Crippen LogP contribution is 2.41. The van der Waals surface area contributed by atoms with Crippen molar-refractivity contribution in [1.29, 1.82) is 0 Å². The third-order valence-electron chi connectivity index (χ3n) is 6.00. The molecule has 0 fully saturated rings. The van der Waals surface area contributed by atoms with Crippen LogP contribution in [0.2, 0.25) is 0 Å². The van der Waals surface area contributed by atoms with E-state index in [4.69, 9.17) is 9.47 Å². The summed E-state index contributed by atoms with van der Waals surface area (Å²) in [7, 11) is 0. The van der Waals surface area contributed by atoms with Gasteiger partial charge in [0.25, 0.3) is 0 Å². The molecule has 0 aliphatic carbocycles. The van der Waals surface area contributed by atoms with Crippen LogP contribution in [0.4, 0.5) is 55.7 Å². The van der Waals surface area contributed by atoms with E-state index in [9.17, 15) is 49.1 Å². The van der Waals surface area contributed by atoms with Gasteiger partial charge in [-0.15, -0.1) is 0 Å². The molecule has 1 heterocycles. The van der Waals surface area contributed by atoms with Crippen LogP contribution in [0.3, 0.4) is 0 Å². The number of carbonyl (C=O) groups is 2. The van der Waals surface area contributed by atoms with E-state index in [0.717, 1.165) is 18.2 Å². The van der Waals surface area contributed by atoms with E-state index in [1.165, 1.54) is 9.80 Å². The van der Waals surface area contributed by atoms with Crippen molar-refractivity contribution < 1.29 is 58.6 Å². The predicted octanol–water partition coefficient (Wildman–Crippen LogP) is 7.05. The van der Waals surface area contributed by atoms with Gasteiger partial charge in [0.05, 0.1) is 40.7 Å². The minimum atomic E-state index is -5.10. The fourth-order valence-electron chi connectivity index (χ4n) is 4.16. The van der Waals surface area contributed by atoms with Crippen LogP contribution in [-0.2, 0) is 39.4 Å². The van der Waals surface area contributed by atoms with Gasteiger partial charge in [-0.25, -0.2) is 4.79 Å². The third-order valence-corrected chi connectivity index (χ3v) is 6.00. The zero-order valence-corrected chi connectivity index (χ0v) is 21.0. The van der Waals surface area contributed by atoms with Crippen molar-refractivity contribution in [2.75, 3.05) is 29.5 Å². The number of carbonyl (C=O) groups excluding carboxylic acids is 2. The number of fused-ring (bicyclic) bond motifs is 1. The molecule has 0 aromatic heterocycles. The van der Waals surface area contributed by atoms with E-state index < -0.39 is 72.0 Å². The molecule has 6 nitrogen and oxygen atoms in total. The van der Waals surface area contributed by atoms with Crippen molar-refractivity contribution in [3.05, 3.63) is 58.7 Å². The molecule has 3 rings (SSSR count). The average Bonchev–Trinajstić information content (AvgIpc) is 2.85. The number of nitrogens with zero attached hydrogens (tertiary/aromatic N) is 2. The van der Waals surface area contributed by atoms with Gasteiger partial charge in [0.15, 0.2) is 0 Å². The molecule has 0 saturated heterocycles. The zero-order chi connectivity index (χ0) is 30.0.